The van der Waals surface area contributed by atoms with Crippen molar-refractivity contribution in [2.75, 3.05) is 13.1 Å². The maximum atomic E-state index is 13.1. The van der Waals surface area contributed by atoms with Crippen molar-refractivity contribution in [2.45, 2.75) is 39.7 Å². The van der Waals surface area contributed by atoms with Gasteiger partial charge in [-0.05, 0) is 50.8 Å². The number of rotatable bonds is 2. The number of fused-ring (bicyclic) bond motifs is 1. The van der Waals surface area contributed by atoms with Gasteiger partial charge < -0.3 is 10.6 Å². The first-order valence-electron chi connectivity index (χ1n) is 8.38. The second-order valence-corrected chi connectivity index (χ2v) is 6.84. The summed E-state index contributed by atoms with van der Waals surface area (Å²) in [6.07, 6.45) is 2.03. The summed E-state index contributed by atoms with van der Waals surface area (Å²) in [5.74, 6) is 0.701. The highest BCUT2D eigenvalue weighted by atomic mass is 35.5. The molecule has 2 atom stereocenters. The maximum Gasteiger partial charge on any atom is 0.256 e. The van der Waals surface area contributed by atoms with Crippen LogP contribution in [0.25, 0.3) is 10.9 Å². The highest BCUT2D eigenvalue weighted by molar-refractivity contribution is 5.99. The van der Waals surface area contributed by atoms with Crippen LogP contribution in [0.4, 0.5) is 0 Å². The Morgan fingerprint density at radius 3 is 2.68 bits per heavy atom. The van der Waals surface area contributed by atoms with Gasteiger partial charge in [0.25, 0.3) is 5.91 Å². The number of likely N-dealkylation sites (tertiary alicyclic amines) is 1. The molecule has 1 aromatic carbocycles. The van der Waals surface area contributed by atoms with Crippen LogP contribution in [0.3, 0.4) is 0 Å². The van der Waals surface area contributed by atoms with Gasteiger partial charge in [0.1, 0.15) is 0 Å². The fourth-order valence-electron chi connectivity index (χ4n) is 3.51. The van der Waals surface area contributed by atoms with Crippen LogP contribution in [0.15, 0.2) is 24.3 Å². The molecule has 138 valence electrons. The van der Waals surface area contributed by atoms with Crippen molar-refractivity contribution < 1.29 is 4.79 Å². The normalized spacial score (nSPS) is 19.9. The van der Waals surface area contributed by atoms with Gasteiger partial charge in [-0.1, -0.05) is 18.6 Å². The largest absolute Gasteiger partial charge is 0.334 e. The molecular weight excluding hydrogens is 357 g/mol. The third kappa shape index (κ3) is 4.43. The van der Waals surface area contributed by atoms with Crippen LogP contribution in [0.2, 0.25) is 0 Å². The Morgan fingerprint density at radius 1 is 1.28 bits per heavy atom. The minimum Gasteiger partial charge on any atom is -0.334 e. The summed E-state index contributed by atoms with van der Waals surface area (Å²) < 4.78 is 0. The number of nitrogens with two attached hydrogens (primary N) is 1. The van der Waals surface area contributed by atoms with Gasteiger partial charge in [0.2, 0.25) is 0 Å². The predicted molar refractivity (Wildman–Crippen MR) is 108 cm³/mol. The summed E-state index contributed by atoms with van der Waals surface area (Å²) in [5.41, 5.74) is 9.52. The van der Waals surface area contributed by atoms with Gasteiger partial charge >= 0.3 is 0 Å². The van der Waals surface area contributed by atoms with E-state index in [0.717, 1.165) is 36.0 Å². The molecule has 1 aromatic heterocycles. The second kappa shape index (κ2) is 8.84. The van der Waals surface area contributed by atoms with Crippen LogP contribution in [-0.4, -0.2) is 34.9 Å². The van der Waals surface area contributed by atoms with Gasteiger partial charge in [0.05, 0.1) is 16.8 Å². The molecule has 1 aliphatic rings. The van der Waals surface area contributed by atoms with E-state index in [2.05, 4.69) is 24.9 Å². The number of halogens is 2. The van der Waals surface area contributed by atoms with Crippen LogP contribution >= 0.6 is 24.8 Å². The van der Waals surface area contributed by atoms with Crippen LogP contribution in [0.1, 0.15) is 41.4 Å². The Morgan fingerprint density at radius 2 is 2.00 bits per heavy atom. The Hall–Kier alpha value is -1.36. The number of pyridine rings is 1. The van der Waals surface area contributed by atoms with Crippen LogP contribution < -0.4 is 5.73 Å². The lowest BCUT2D eigenvalue weighted by Gasteiger charge is -2.38. The highest BCUT2D eigenvalue weighted by Crippen LogP contribution is 2.25. The molecule has 0 aliphatic carbocycles. The molecule has 1 fully saturated rings. The minimum absolute atomic E-state index is 0. The topological polar surface area (TPSA) is 59.2 Å². The van der Waals surface area contributed by atoms with Crippen LogP contribution in [-0.2, 0) is 0 Å². The number of amides is 1. The molecule has 2 unspecified atom stereocenters. The fraction of sp³-hybridized carbons (Fsp3) is 0.474. The number of carbonyl (C=O) groups is 1. The van der Waals surface area contributed by atoms with Gasteiger partial charge in [-0.25, -0.2) is 0 Å². The van der Waals surface area contributed by atoms with E-state index in [-0.39, 0.29) is 36.8 Å². The third-order valence-corrected chi connectivity index (χ3v) is 4.90. The minimum atomic E-state index is 0. The summed E-state index contributed by atoms with van der Waals surface area (Å²) in [7, 11) is 0. The Balaban J connectivity index is 0.00000156. The predicted octanol–water partition coefficient (Wildman–Crippen LogP) is 3.89. The van der Waals surface area contributed by atoms with Gasteiger partial charge in [-0.3, -0.25) is 9.78 Å². The lowest BCUT2D eigenvalue weighted by Crippen LogP contribution is -2.49. The molecule has 0 saturated carbocycles. The van der Waals surface area contributed by atoms with Crippen molar-refractivity contribution in [2.24, 2.45) is 11.7 Å². The molecule has 4 nitrogen and oxygen atoms in total. The van der Waals surface area contributed by atoms with Crippen LogP contribution in [0, 0.1) is 19.8 Å². The van der Waals surface area contributed by atoms with E-state index in [1.165, 1.54) is 5.56 Å². The monoisotopic (exact) mass is 383 g/mol. The number of nitrogens with zero attached hydrogens (tertiary/aromatic N) is 2. The number of piperidine rings is 1. The van der Waals surface area contributed by atoms with Crippen molar-refractivity contribution >= 4 is 41.6 Å². The van der Waals surface area contributed by atoms with E-state index in [0.29, 0.717) is 18.0 Å². The molecule has 1 saturated heterocycles. The zero-order valence-electron chi connectivity index (χ0n) is 15.0. The fourth-order valence-corrected chi connectivity index (χ4v) is 3.51. The molecule has 2 heterocycles. The SMILES string of the molecule is Cc1ccc2nc(C)c(C(=O)N3CCC(C)CC3CN)cc2c1.Cl.Cl. The summed E-state index contributed by atoms with van der Waals surface area (Å²) in [4.78, 5) is 19.6. The number of aryl methyl sites for hydroxylation is 2. The molecule has 2 N–H and O–H groups in total. The van der Waals surface area contributed by atoms with E-state index < -0.39 is 0 Å². The molecule has 1 aliphatic heterocycles. The van der Waals surface area contributed by atoms with Gasteiger partial charge in [-0.2, -0.15) is 0 Å². The second-order valence-electron chi connectivity index (χ2n) is 6.84. The Labute approximate surface area is 162 Å². The summed E-state index contributed by atoms with van der Waals surface area (Å²) in [6.45, 7) is 7.51. The van der Waals surface area contributed by atoms with Crippen molar-refractivity contribution in [1.82, 2.24) is 9.88 Å². The van der Waals surface area contributed by atoms with E-state index in [9.17, 15) is 4.79 Å². The average Bonchev–Trinajstić information content (AvgIpc) is 2.53. The van der Waals surface area contributed by atoms with Crippen molar-refractivity contribution in [1.29, 1.82) is 0 Å². The summed E-state index contributed by atoms with van der Waals surface area (Å²) >= 11 is 0. The van der Waals surface area contributed by atoms with Crippen molar-refractivity contribution in [3.8, 4) is 0 Å². The number of carbonyl (C=O) groups excluding carboxylic acids is 1. The summed E-state index contributed by atoms with van der Waals surface area (Å²) in [5, 5.41) is 1.02. The average molecular weight is 384 g/mol. The smallest absolute Gasteiger partial charge is 0.256 e. The number of benzene rings is 1. The van der Waals surface area contributed by atoms with Crippen LogP contribution in [0.5, 0.6) is 0 Å². The third-order valence-electron chi connectivity index (χ3n) is 4.90. The standard InChI is InChI=1S/C19H25N3O.2ClH/c1-12-4-5-18-15(8-12)10-17(14(3)21-18)19(23)22-7-6-13(2)9-16(22)11-20;;/h4-5,8,10,13,16H,6-7,9,11,20H2,1-3H3;2*1H. The molecule has 6 heteroatoms. The molecule has 3 rings (SSSR count). The quantitative estimate of drug-likeness (QED) is 0.855. The van der Waals surface area contributed by atoms with Gasteiger partial charge in [0.15, 0.2) is 0 Å². The highest BCUT2D eigenvalue weighted by Gasteiger charge is 2.30. The lowest BCUT2D eigenvalue weighted by molar-refractivity contribution is 0.0572. The molecule has 1 amide bonds. The first-order chi connectivity index (χ1) is 11.0. The molecule has 0 radical (unpaired) electrons. The molecular formula is C19H27Cl2N3O. The van der Waals surface area contributed by atoms with Crippen molar-refractivity contribution in [3.05, 3.63) is 41.1 Å². The molecule has 25 heavy (non-hydrogen) atoms. The lowest BCUT2D eigenvalue weighted by atomic mass is 9.91. The number of hydrogen-bond acceptors (Lipinski definition) is 3. The zero-order chi connectivity index (χ0) is 16.6. The number of aromatic nitrogens is 1. The number of hydrogen-bond donors (Lipinski definition) is 1. The zero-order valence-corrected chi connectivity index (χ0v) is 16.6. The first kappa shape index (κ1) is 21.7. The van der Waals surface area contributed by atoms with Crippen molar-refractivity contribution in [3.63, 3.8) is 0 Å². The van der Waals surface area contributed by atoms with E-state index in [1.54, 1.807) is 0 Å². The molecule has 0 spiro atoms. The Kier molecular flexibility index (Phi) is 7.66. The maximum absolute atomic E-state index is 13.1. The molecule has 2 aromatic rings. The Bertz CT molecular complexity index is 751. The first-order valence-corrected chi connectivity index (χ1v) is 8.38. The van der Waals surface area contributed by atoms with E-state index >= 15 is 0 Å². The summed E-state index contributed by atoms with van der Waals surface area (Å²) in [6, 6.07) is 8.26. The molecule has 0 bridgehead atoms. The van der Waals surface area contributed by atoms with Gasteiger partial charge in [-0.15, -0.1) is 24.8 Å². The van der Waals surface area contributed by atoms with Gasteiger partial charge in [0, 0.05) is 24.5 Å². The van der Waals surface area contributed by atoms with E-state index in [4.69, 9.17) is 5.73 Å². The van der Waals surface area contributed by atoms with E-state index in [1.807, 2.05) is 30.0 Å².